The number of anilines is 3. The first-order chi connectivity index (χ1) is 14.5. The molecule has 2 fully saturated rings. The Morgan fingerprint density at radius 3 is 2.27 bits per heavy atom. The van der Waals surface area contributed by atoms with Gasteiger partial charge in [-0.15, -0.1) is 10.2 Å². The van der Waals surface area contributed by atoms with Crippen LogP contribution in [0.25, 0.3) is 0 Å². The van der Waals surface area contributed by atoms with Gasteiger partial charge in [-0.2, -0.15) is 0 Å². The maximum atomic E-state index is 13.8. The number of piperidine rings is 1. The summed E-state index contributed by atoms with van der Waals surface area (Å²) < 4.78 is 27.5. The minimum atomic E-state index is -0.791. The zero-order chi connectivity index (χ0) is 21.1. The van der Waals surface area contributed by atoms with Gasteiger partial charge in [-0.05, 0) is 50.5 Å². The van der Waals surface area contributed by atoms with Crippen molar-refractivity contribution in [2.75, 3.05) is 47.8 Å². The molecule has 2 aliphatic heterocycles. The van der Waals surface area contributed by atoms with E-state index < -0.39 is 23.4 Å². The lowest BCUT2D eigenvalue weighted by Crippen LogP contribution is -2.50. The Morgan fingerprint density at radius 1 is 0.967 bits per heavy atom. The van der Waals surface area contributed by atoms with Gasteiger partial charge >= 0.3 is 6.03 Å². The van der Waals surface area contributed by atoms with E-state index in [9.17, 15) is 13.6 Å². The lowest BCUT2D eigenvalue weighted by molar-refractivity contribution is 0.207. The molecule has 1 aromatic heterocycles. The van der Waals surface area contributed by atoms with Crippen molar-refractivity contribution in [2.24, 2.45) is 0 Å². The molecule has 9 heteroatoms. The first kappa shape index (κ1) is 20.3. The largest absolute Gasteiger partial charge is 0.352 e. The molecule has 3 heterocycles. The summed E-state index contributed by atoms with van der Waals surface area (Å²) in [6, 6.07) is 7.42. The van der Waals surface area contributed by atoms with E-state index in [2.05, 4.69) is 32.2 Å². The number of carbonyl (C=O) groups is 1. The van der Waals surface area contributed by atoms with E-state index in [1.807, 2.05) is 12.1 Å². The summed E-state index contributed by atoms with van der Waals surface area (Å²) in [5.74, 6) is 0.0836. The number of para-hydroxylation sites is 1. The first-order valence-electron chi connectivity index (χ1n) is 10.4. The quantitative estimate of drug-likeness (QED) is 0.830. The van der Waals surface area contributed by atoms with Crippen LogP contribution in [0.3, 0.4) is 0 Å². The van der Waals surface area contributed by atoms with Gasteiger partial charge in [0.15, 0.2) is 11.6 Å². The smallest absolute Gasteiger partial charge is 0.322 e. The van der Waals surface area contributed by atoms with Crippen LogP contribution in [0.1, 0.15) is 26.2 Å². The van der Waals surface area contributed by atoms with E-state index in [0.29, 0.717) is 32.2 Å². The maximum Gasteiger partial charge on any atom is 0.322 e. The standard InChI is InChI=1S/C21H26F2N6O/c1-15-5-2-3-10-29(15)19-9-8-18(25-26-19)27-11-13-28(14-12-27)21(30)24-20-16(22)6-4-7-17(20)23/h4,6-9,15H,2-3,5,10-14H2,1H3,(H,24,30). The van der Waals surface area contributed by atoms with Gasteiger partial charge in [-0.1, -0.05) is 6.07 Å². The predicted octanol–water partition coefficient (Wildman–Crippen LogP) is 3.49. The summed E-state index contributed by atoms with van der Waals surface area (Å²) in [7, 11) is 0. The number of nitrogens with zero attached hydrogens (tertiary/aromatic N) is 5. The first-order valence-corrected chi connectivity index (χ1v) is 10.4. The molecule has 2 aromatic rings. The van der Waals surface area contributed by atoms with Crippen LogP contribution in [-0.4, -0.2) is 59.9 Å². The van der Waals surface area contributed by atoms with Gasteiger partial charge in [-0.25, -0.2) is 13.6 Å². The van der Waals surface area contributed by atoms with Crippen LogP contribution in [-0.2, 0) is 0 Å². The fraction of sp³-hybridized carbons (Fsp3) is 0.476. The number of hydrogen-bond donors (Lipinski definition) is 1. The third-order valence-electron chi connectivity index (χ3n) is 5.82. The van der Waals surface area contributed by atoms with Crippen molar-refractivity contribution >= 4 is 23.4 Å². The molecule has 0 aliphatic carbocycles. The van der Waals surface area contributed by atoms with Crippen molar-refractivity contribution in [1.82, 2.24) is 15.1 Å². The van der Waals surface area contributed by atoms with Crippen LogP contribution in [0.5, 0.6) is 0 Å². The molecule has 0 saturated carbocycles. The number of amides is 2. The predicted molar refractivity (Wildman–Crippen MR) is 112 cm³/mol. The van der Waals surface area contributed by atoms with Crippen LogP contribution in [0.4, 0.5) is 30.9 Å². The van der Waals surface area contributed by atoms with Crippen molar-refractivity contribution in [3.05, 3.63) is 42.0 Å². The Kier molecular flexibility index (Phi) is 5.96. The summed E-state index contributed by atoms with van der Waals surface area (Å²) in [5.41, 5.74) is -0.418. The summed E-state index contributed by atoms with van der Waals surface area (Å²) >= 11 is 0. The van der Waals surface area contributed by atoms with E-state index in [1.54, 1.807) is 4.90 Å². The molecule has 2 aliphatic rings. The Morgan fingerprint density at radius 2 is 1.63 bits per heavy atom. The highest BCUT2D eigenvalue weighted by molar-refractivity contribution is 5.89. The molecule has 30 heavy (non-hydrogen) atoms. The molecular weight excluding hydrogens is 390 g/mol. The molecular formula is C21H26F2N6O. The molecule has 1 unspecified atom stereocenters. The van der Waals surface area contributed by atoms with Gasteiger partial charge < -0.3 is 20.0 Å². The molecule has 4 rings (SSSR count). The van der Waals surface area contributed by atoms with Crippen LogP contribution >= 0.6 is 0 Å². The van der Waals surface area contributed by atoms with E-state index in [0.717, 1.165) is 30.3 Å². The molecule has 1 N–H and O–H groups in total. The van der Waals surface area contributed by atoms with E-state index in [4.69, 9.17) is 0 Å². The van der Waals surface area contributed by atoms with Crippen molar-refractivity contribution in [3.63, 3.8) is 0 Å². The average Bonchev–Trinajstić information content (AvgIpc) is 2.77. The normalized spacial score (nSPS) is 19.7. The monoisotopic (exact) mass is 416 g/mol. The molecule has 160 valence electrons. The van der Waals surface area contributed by atoms with E-state index in [-0.39, 0.29) is 0 Å². The zero-order valence-corrected chi connectivity index (χ0v) is 17.0. The fourth-order valence-electron chi connectivity index (χ4n) is 4.02. The number of halogens is 2. The molecule has 2 saturated heterocycles. The van der Waals surface area contributed by atoms with Gasteiger partial charge in [-0.3, -0.25) is 0 Å². The third-order valence-corrected chi connectivity index (χ3v) is 5.82. The minimum Gasteiger partial charge on any atom is -0.352 e. The van der Waals surface area contributed by atoms with Crippen LogP contribution < -0.4 is 15.1 Å². The number of piperazine rings is 1. The molecule has 1 aromatic carbocycles. The number of rotatable bonds is 3. The number of nitrogens with one attached hydrogen (secondary N) is 1. The molecule has 0 spiro atoms. The van der Waals surface area contributed by atoms with Gasteiger partial charge in [0.25, 0.3) is 0 Å². The SMILES string of the molecule is CC1CCCCN1c1ccc(N2CCN(C(=O)Nc3c(F)cccc3F)CC2)nn1. The van der Waals surface area contributed by atoms with Crippen LogP contribution in [0, 0.1) is 11.6 Å². The Balaban J connectivity index is 1.33. The third kappa shape index (κ3) is 4.29. The summed E-state index contributed by atoms with van der Waals surface area (Å²) in [4.78, 5) is 18.3. The number of aromatic nitrogens is 2. The average molecular weight is 416 g/mol. The zero-order valence-electron chi connectivity index (χ0n) is 17.0. The van der Waals surface area contributed by atoms with Crippen LogP contribution in [0.15, 0.2) is 30.3 Å². The Labute approximate surface area is 174 Å². The Hall–Kier alpha value is -2.97. The van der Waals surface area contributed by atoms with E-state index in [1.165, 1.54) is 25.3 Å². The van der Waals surface area contributed by atoms with Crippen molar-refractivity contribution in [1.29, 1.82) is 0 Å². The maximum absolute atomic E-state index is 13.8. The number of carbonyl (C=O) groups excluding carboxylic acids is 1. The summed E-state index contributed by atoms with van der Waals surface area (Å²) in [5, 5.41) is 11.1. The summed E-state index contributed by atoms with van der Waals surface area (Å²) in [6.07, 6.45) is 3.60. The highest BCUT2D eigenvalue weighted by atomic mass is 19.1. The summed E-state index contributed by atoms with van der Waals surface area (Å²) in [6.45, 7) is 5.21. The van der Waals surface area contributed by atoms with Crippen molar-refractivity contribution in [3.8, 4) is 0 Å². The minimum absolute atomic E-state index is 0.418. The van der Waals surface area contributed by atoms with E-state index >= 15 is 0 Å². The number of urea groups is 1. The molecule has 7 nitrogen and oxygen atoms in total. The van der Waals surface area contributed by atoms with Gasteiger partial charge in [0.05, 0.1) is 0 Å². The van der Waals surface area contributed by atoms with Crippen molar-refractivity contribution < 1.29 is 13.6 Å². The number of hydrogen-bond acceptors (Lipinski definition) is 5. The second-order valence-electron chi connectivity index (χ2n) is 7.79. The van der Waals surface area contributed by atoms with Gasteiger partial charge in [0.1, 0.15) is 17.3 Å². The van der Waals surface area contributed by atoms with Crippen LogP contribution in [0.2, 0.25) is 0 Å². The molecule has 0 bridgehead atoms. The van der Waals surface area contributed by atoms with Crippen molar-refractivity contribution in [2.45, 2.75) is 32.2 Å². The fourth-order valence-corrected chi connectivity index (χ4v) is 4.02. The van der Waals surface area contributed by atoms with Gasteiger partial charge in [0, 0.05) is 38.8 Å². The topological polar surface area (TPSA) is 64.6 Å². The Bertz CT molecular complexity index is 865. The second-order valence-corrected chi connectivity index (χ2v) is 7.79. The molecule has 0 radical (unpaired) electrons. The second kappa shape index (κ2) is 8.81. The lowest BCUT2D eigenvalue weighted by Gasteiger charge is -2.36. The number of benzene rings is 1. The highest BCUT2D eigenvalue weighted by Gasteiger charge is 2.25. The molecule has 1 atom stereocenters. The molecule has 2 amide bonds. The lowest BCUT2D eigenvalue weighted by atomic mass is 10.0. The van der Waals surface area contributed by atoms with Gasteiger partial charge in [0.2, 0.25) is 0 Å². The highest BCUT2D eigenvalue weighted by Crippen LogP contribution is 2.24.